The van der Waals surface area contributed by atoms with Crippen LogP contribution in [0, 0.1) is 5.82 Å². The lowest BCUT2D eigenvalue weighted by atomic mass is 10.1. The molecule has 0 aliphatic rings. The summed E-state index contributed by atoms with van der Waals surface area (Å²) >= 11 is 1.59. The van der Waals surface area contributed by atoms with Gasteiger partial charge in [-0.3, -0.25) is 4.99 Å². The molecule has 0 bridgehead atoms. The molecule has 0 spiro atoms. The highest BCUT2D eigenvalue weighted by molar-refractivity contribution is 7.13. The van der Waals surface area contributed by atoms with Gasteiger partial charge in [0.15, 0.2) is 5.96 Å². The number of fused-ring (bicyclic) bond motifs is 1. The van der Waals surface area contributed by atoms with Gasteiger partial charge in [0.2, 0.25) is 5.89 Å². The quantitative estimate of drug-likeness (QED) is 0.340. The Balaban J connectivity index is 1.30. The molecule has 0 saturated heterocycles. The van der Waals surface area contributed by atoms with Crippen molar-refractivity contribution < 1.29 is 8.81 Å². The zero-order valence-corrected chi connectivity index (χ0v) is 16.1. The number of H-pyrrole nitrogens is 1. The maximum Gasteiger partial charge on any atom is 0.236 e. The summed E-state index contributed by atoms with van der Waals surface area (Å²) in [5.74, 6) is 1.07. The Bertz CT molecular complexity index is 1080. The van der Waals surface area contributed by atoms with Gasteiger partial charge in [-0.05, 0) is 41.6 Å². The van der Waals surface area contributed by atoms with Crippen LogP contribution in [0.15, 0.2) is 57.6 Å². The van der Waals surface area contributed by atoms with Gasteiger partial charge in [0.1, 0.15) is 12.1 Å². The molecule has 28 heavy (non-hydrogen) atoms. The van der Waals surface area contributed by atoms with E-state index in [1.54, 1.807) is 36.8 Å². The van der Waals surface area contributed by atoms with Gasteiger partial charge in [-0.15, -0.1) is 11.3 Å². The molecule has 0 fully saturated rings. The fourth-order valence-corrected chi connectivity index (χ4v) is 3.62. The van der Waals surface area contributed by atoms with Crippen molar-refractivity contribution in [1.82, 2.24) is 20.6 Å². The summed E-state index contributed by atoms with van der Waals surface area (Å²) < 4.78 is 19.0. The van der Waals surface area contributed by atoms with Crippen LogP contribution in [0.25, 0.3) is 21.7 Å². The first-order chi connectivity index (χ1) is 13.7. The molecule has 0 unspecified atom stereocenters. The monoisotopic (exact) mass is 397 g/mol. The topological polar surface area (TPSA) is 78.2 Å². The molecule has 6 nitrogen and oxygen atoms in total. The van der Waals surface area contributed by atoms with E-state index in [-0.39, 0.29) is 5.82 Å². The first kappa shape index (κ1) is 18.2. The van der Waals surface area contributed by atoms with E-state index >= 15 is 0 Å². The van der Waals surface area contributed by atoms with Gasteiger partial charge in [-0.25, -0.2) is 9.37 Å². The molecule has 0 amide bonds. The summed E-state index contributed by atoms with van der Waals surface area (Å²) in [5, 5.41) is 9.39. The second kappa shape index (κ2) is 8.26. The van der Waals surface area contributed by atoms with Crippen LogP contribution in [0.5, 0.6) is 0 Å². The molecule has 0 atom stereocenters. The molecule has 3 N–H and O–H groups in total. The predicted octanol–water partition coefficient (Wildman–Crippen LogP) is 3.93. The van der Waals surface area contributed by atoms with Gasteiger partial charge in [0.25, 0.3) is 0 Å². The Kier molecular flexibility index (Phi) is 5.38. The SMILES string of the molecule is CN=C(NCCc1c[nH]c2ccc(F)cc12)NCc1coc(-c2cccs2)n1. The van der Waals surface area contributed by atoms with Gasteiger partial charge in [-0.1, -0.05) is 6.07 Å². The minimum atomic E-state index is -0.228. The standard InChI is InChI=1S/C20H20FN5OS/c1-22-20(25-11-15-12-27-19(26-15)18-3-2-8-28-18)23-7-6-13-10-24-17-5-4-14(21)9-16(13)17/h2-5,8-10,12,24H,6-7,11H2,1H3,(H2,22,23,25). The number of rotatable bonds is 6. The molecule has 8 heteroatoms. The van der Waals surface area contributed by atoms with Crippen LogP contribution in [0.4, 0.5) is 4.39 Å². The molecule has 0 radical (unpaired) electrons. The van der Waals surface area contributed by atoms with Crippen molar-refractivity contribution in [3.8, 4) is 10.8 Å². The fraction of sp³-hybridized carbons (Fsp3) is 0.200. The van der Waals surface area contributed by atoms with E-state index in [4.69, 9.17) is 4.42 Å². The second-order valence-electron chi connectivity index (χ2n) is 6.23. The van der Waals surface area contributed by atoms with Crippen molar-refractivity contribution in [3.63, 3.8) is 0 Å². The molecular formula is C20H20FN5OS. The van der Waals surface area contributed by atoms with Crippen LogP contribution < -0.4 is 10.6 Å². The van der Waals surface area contributed by atoms with Crippen LogP contribution in [-0.4, -0.2) is 29.5 Å². The Morgan fingerprint density at radius 3 is 3.07 bits per heavy atom. The summed E-state index contributed by atoms with van der Waals surface area (Å²) in [6, 6.07) is 8.72. The van der Waals surface area contributed by atoms with E-state index in [2.05, 4.69) is 25.6 Å². The highest BCUT2D eigenvalue weighted by atomic mass is 32.1. The Labute approximate surface area is 165 Å². The third-order valence-electron chi connectivity index (χ3n) is 4.36. The number of nitrogens with zero attached hydrogens (tertiary/aromatic N) is 2. The van der Waals surface area contributed by atoms with E-state index < -0.39 is 0 Å². The van der Waals surface area contributed by atoms with E-state index in [1.165, 1.54) is 6.07 Å². The summed E-state index contributed by atoms with van der Waals surface area (Å²) in [7, 11) is 1.72. The first-order valence-corrected chi connectivity index (χ1v) is 9.79. The Morgan fingerprint density at radius 2 is 2.25 bits per heavy atom. The summed E-state index contributed by atoms with van der Waals surface area (Å²) in [4.78, 5) is 12.9. The zero-order chi connectivity index (χ0) is 19.3. The number of aromatic amines is 1. The number of halogens is 1. The molecule has 0 aliphatic heterocycles. The number of benzene rings is 1. The van der Waals surface area contributed by atoms with E-state index in [9.17, 15) is 4.39 Å². The molecule has 1 aromatic carbocycles. The van der Waals surface area contributed by atoms with Gasteiger partial charge < -0.3 is 20.0 Å². The maximum atomic E-state index is 13.5. The molecular weight excluding hydrogens is 377 g/mol. The molecule has 0 saturated carbocycles. The summed E-state index contributed by atoms with van der Waals surface area (Å²) in [5.41, 5.74) is 2.81. The number of hydrogen-bond acceptors (Lipinski definition) is 4. The lowest BCUT2D eigenvalue weighted by Gasteiger charge is -2.10. The average Bonchev–Trinajstić information content (AvgIpc) is 3.45. The largest absolute Gasteiger partial charge is 0.443 e. The lowest BCUT2D eigenvalue weighted by Crippen LogP contribution is -2.37. The maximum absolute atomic E-state index is 13.5. The van der Waals surface area contributed by atoms with Crippen LogP contribution in [-0.2, 0) is 13.0 Å². The number of aromatic nitrogens is 2. The molecule has 4 aromatic rings. The van der Waals surface area contributed by atoms with Gasteiger partial charge in [0.05, 0.1) is 17.1 Å². The summed E-state index contributed by atoms with van der Waals surface area (Å²) in [6.07, 6.45) is 4.32. The third kappa shape index (κ3) is 4.07. The number of nitrogens with one attached hydrogen (secondary N) is 3. The van der Waals surface area contributed by atoms with E-state index in [0.29, 0.717) is 24.9 Å². The molecule has 3 aromatic heterocycles. The number of thiophene rings is 1. The first-order valence-electron chi connectivity index (χ1n) is 8.91. The number of aliphatic imine (C=N–C) groups is 1. The number of oxazole rings is 1. The van der Waals surface area contributed by atoms with E-state index in [1.807, 2.05) is 23.7 Å². The van der Waals surface area contributed by atoms with Gasteiger partial charge in [0, 0.05) is 30.7 Å². The minimum absolute atomic E-state index is 0.228. The van der Waals surface area contributed by atoms with Gasteiger partial charge in [-0.2, -0.15) is 0 Å². The van der Waals surface area contributed by atoms with E-state index in [0.717, 1.165) is 33.5 Å². The van der Waals surface area contributed by atoms with Crippen molar-refractivity contribution in [2.24, 2.45) is 4.99 Å². The highest BCUT2D eigenvalue weighted by Crippen LogP contribution is 2.23. The van der Waals surface area contributed by atoms with Crippen molar-refractivity contribution >= 4 is 28.2 Å². The van der Waals surface area contributed by atoms with Crippen molar-refractivity contribution in [2.45, 2.75) is 13.0 Å². The molecule has 144 valence electrons. The molecule has 3 heterocycles. The minimum Gasteiger partial charge on any atom is -0.443 e. The van der Waals surface area contributed by atoms with Crippen LogP contribution in [0.3, 0.4) is 0 Å². The number of hydrogen-bond donors (Lipinski definition) is 3. The zero-order valence-electron chi connectivity index (χ0n) is 15.3. The number of guanidine groups is 1. The average molecular weight is 397 g/mol. The molecule has 4 rings (SSSR count). The van der Waals surface area contributed by atoms with Crippen molar-refractivity contribution in [2.75, 3.05) is 13.6 Å². The third-order valence-corrected chi connectivity index (χ3v) is 5.22. The predicted molar refractivity (Wildman–Crippen MR) is 110 cm³/mol. The van der Waals surface area contributed by atoms with Crippen molar-refractivity contribution in [1.29, 1.82) is 0 Å². The Morgan fingerprint density at radius 1 is 1.32 bits per heavy atom. The van der Waals surface area contributed by atoms with Crippen LogP contribution in [0.1, 0.15) is 11.3 Å². The van der Waals surface area contributed by atoms with Crippen LogP contribution >= 0.6 is 11.3 Å². The van der Waals surface area contributed by atoms with Gasteiger partial charge >= 0.3 is 0 Å². The lowest BCUT2D eigenvalue weighted by molar-refractivity contribution is 0.573. The highest BCUT2D eigenvalue weighted by Gasteiger charge is 2.09. The van der Waals surface area contributed by atoms with Crippen molar-refractivity contribution in [3.05, 3.63) is 65.2 Å². The normalized spacial score (nSPS) is 11.9. The Hall–Kier alpha value is -3.13. The van der Waals surface area contributed by atoms with Crippen LogP contribution in [0.2, 0.25) is 0 Å². The smallest absolute Gasteiger partial charge is 0.236 e. The fourth-order valence-electron chi connectivity index (χ4n) is 2.97. The molecule has 0 aliphatic carbocycles. The summed E-state index contributed by atoms with van der Waals surface area (Å²) in [6.45, 7) is 1.18. The second-order valence-corrected chi connectivity index (χ2v) is 7.18.